The third kappa shape index (κ3) is 9.70. The molecule has 0 amide bonds. The van der Waals surface area contributed by atoms with E-state index in [1.54, 1.807) is 0 Å². The van der Waals surface area contributed by atoms with E-state index in [9.17, 15) is 4.79 Å². The molecule has 1 aromatic heterocycles. The molecule has 0 radical (unpaired) electrons. The lowest BCUT2D eigenvalue weighted by molar-refractivity contribution is -0.140. The summed E-state index contributed by atoms with van der Waals surface area (Å²) in [6.07, 6.45) is 14.0. The number of aromatic nitrogens is 1. The van der Waals surface area contributed by atoms with Crippen LogP contribution in [-0.2, 0) is 31.2 Å². The largest absolute Gasteiger partial charge is 0.469 e. The van der Waals surface area contributed by atoms with Crippen LogP contribution in [0.15, 0.2) is 18.2 Å². The molecule has 0 spiro atoms. The SMILES string of the molecule is CCCCC[C@H](/C=C/[C@@H]1c2cc(CCCCC(=O)OC)[nH]c2C[C@H]1O[Si](C)(C)C(C)(C)C)O[Si](C)(C)C(C)(C)C. The van der Waals surface area contributed by atoms with Crippen LogP contribution in [0.2, 0.25) is 36.3 Å². The Hall–Kier alpha value is -1.16. The van der Waals surface area contributed by atoms with Crippen LogP contribution in [-0.4, -0.2) is 46.9 Å². The maximum absolute atomic E-state index is 11.5. The van der Waals surface area contributed by atoms with Crippen LogP contribution in [0.4, 0.5) is 0 Å². The second kappa shape index (κ2) is 14.3. The number of esters is 1. The smallest absolute Gasteiger partial charge is 0.305 e. The lowest BCUT2D eigenvalue weighted by atomic mass is 9.98. The Bertz CT molecular complexity index is 968. The van der Waals surface area contributed by atoms with E-state index >= 15 is 0 Å². The molecule has 0 bridgehead atoms. The van der Waals surface area contributed by atoms with Crippen molar-refractivity contribution in [3.05, 3.63) is 35.2 Å². The summed E-state index contributed by atoms with van der Waals surface area (Å²) in [5.74, 6) is 0.0964. The van der Waals surface area contributed by atoms with Crippen molar-refractivity contribution < 1.29 is 18.4 Å². The first-order chi connectivity index (χ1) is 18.4. The van der Waals surface area contributed by atoms with Crippen LogP contribution >= 0.6 is 0 Å². The van der Waals surface area contributed by atoms with Crippen molar-refractivity contribution in [3.8, 4) is 0 Å². The minimum atomic E-state index is -1.94. The first kappa shape index (κ1) is 35.0. The number of hydrogen-bond acceptors (Lipinski definition) is 4. The fourth-order valence-electron chi connectivity index (χ4n) is 4.88. The summed E-state index contributed by atoms with van der Waals surface area (Å²) in [6, 6.07) is 2.36. The Balaban J connectivity index is 2.31. The van der Waals surface area contributed by atoms with Crippen molar-refractivity contribution in [1.82, 2.24) is 4.98 Å². The maximum atomic E-state index is 11.5. The number of fused-ring (bicyclic) bond motifs is 1. The molecular formula is C33H61NO4Si2. The van der Waals surface area contributed by atoms with Gasteiger partial charge in [0.05, 0.1) is 19.3 Å². The second-order valence-electron chi connectivity index (χ2n) is 15.0. The molecule has 0 fully saturated rings. The van der Waals surface area contributed by atoms with E-state index in [-0.39, 0.29) is 34.2 Å². The molecule has 1 heterocycles. The monoisotopic (exact) mass is 591 g/mol. The topological polar surface area (TPSA) is 60.6 Å². The minimum absolute atomic E-state index is 0.127. The van der Waals surface area contributed by atoms with Crippen molar-refractivity contribution in [2.24, 2.45) is 0 Å². The zero-order valence-corrected chi connectivity index (χ0v) is 30.0. The number of aromatic amines is 1. The number of carbonyl (C=O) groups excluding carboxylic acids is 1. The van der Waals surface area contributed by atoms with Gasteiger partial charge in [0.15, 0.2) is 16.6 Å². The fraction of sp³-hybridized carbons (Fsp3) is 0.788. The van der Waals surface area contributed by atoms with Crippen molar-refractivity contribution in [3.63, 3.8) is 0 Å². The highest BCUT2D eigenvalue weighted by atomic mass is 28.4. The molecule has 1 aliphatic carbocycles. The molecule has 3 atom stereocenters. The summed E-state index contributed by atoms with van der Waals surface area (Å²) in [4.78, 5) is 15.2. The predicted molar refractivity (Wildman–Crippen MR) is 174 cm³/mol. The van der Waals surface area contributed by atoms with Crippen molar-refractivity contribution in [2.45, 2.75) is 161 Å². The van der Waals surface area contributed by atoms with Gasteiger partial charge in [0.25, 0.3) is 0 Å². The zero-order valence-electron chi connectivity index (χ0n) is 28.0. The van der Waals surface area contributed by atoms with Gasteiger partial charge in [-0.05, 0) is 73.6 Å². The summed E-state index contributed by atoms with van der Waals surface area (Å²) >= 11 is 0. The highest BCUT2D eigenvalue weighted by molar-refractivity contribution is 6.74. The third-order valence-corrected chi connectivity index (χ3v) is 18.6. The van der Waals surface area contributed by atoms with Crippen LogP contribution in [0, 0.1) is 0 Å². The molecule has 0 unspecified atom stereocenters. The summed E-state index contributed by atoms with van der Waals surface area (Å²) in [5, 5.41) is 0.345. The average molecular weight is 592 g/mol. The van der Waals surface area contributed by atoms with Crippen LogP contribution in [0.3, 0.4) is 0 Å². The van der Waals surface area contributed by atoms with Gasteiger partial charge in [0.2, 0.25) is 0 Å². The molecule has 0 saturated heterocycles. The van der Waals surface area contributed by atoms with Crippen LogP contribution in [0.1, 0.15) is 116 Å². The average Bonchev–Trinajstić information content (AvgIpc) is 3.35. The zero-order chi connectivity index (χ0) is 30.4. The van der Waals surface area contributed by atoms with E-state index < -0.39 is 16.6 Å². The highest BCUT2D eigenvalue weighted by Crippen LogP contribution is 2.44. The number of aryl methyl sites for hydroxylation is 1. The predicted octanol–water partition coefficient (Wildman–Crippen LogP) is 9.46. The molecular weight excluding hydrogens is 531 g/mol. The number of ether oxygens (including phenoxy) is 1. The van der Waals surface area contributed by atoms with Gasteiger partial charge >= 0.3 is 5.97 Å². The number of carbonyl (C=O) groups is 1. The van der Waals surface area contributed by atoms with Gasteiger partial charge in [0, 0.05) is 30.1 Å². The Kier molecular flexibility index (Phi) is 12.6. The Labute approximate surface area is 248 Å². The quantitative estimate of drug-likeness (QED) is 0.0955. The number of rotatable bonds is 15. The van der Waals surface area contributed by atoms with Crippen LogP contribution in [0.25, 0.3) is 0 Å². The Morgan fingerprint density at radius 3 is 2.25 bits per heavy atom. The van der Waals surface area contributed by atoms with Gasteiger partial charge in [-0.15, -0.1) is 0 Å². The molecule has 7 heteroatoms. The Morgan fingerprint density at radius 2 is 1.68 bits per heavy atom. The maximum Gasteiger partial charge on any atom is 0.305 e. The molecule has 5 nitrogen and oxygen atoms in total. The van der Waals surface area contributed by atoms with E-state index in [0.717, 1.165) is 32.1 Å². The summed E-state index contributed by atoms with van der Waals surface area (Å²) in [5.41, 5.74) is 3.95. The summed E-state index contributed by atoms with van der Waals surface area (Å²) in [6.45, 7) is 25.7. The number of nitrogens with one attached hydrogen (secondary N) is 1. The van der Waals surface area contributed by atoms with E-state index in [4.69, 9.17) is 13.6 Å². The molecule has 0 aliphatic heterocycles. The van der Waals surface area contributed by atoms with E-state index in [2.05, 4.69) is 97.9 Å². The van der Waals surface area contributed by atoms with Crippen LogP contribution in [0.5, 0.6) is 0 Å². The molecule has 1 aromatic rings. The molecule has 1 aliphatic rings. The standard InChI is InChI=1S/C33H61NO4Si2/c1-13-14-15-19-26(37-39(9,10)32(2,3)4)21-22-27-28-23-25(18-16-17-20-31(35)36-8)34-29(28)24-30(27)38-40(11,12)33(5,6)7/h21-23,26-27,30,34H,13-20,24H2,1-12H3/b22-21+/t26-,27-,30-/m1/s1. The molecule has 1 N–H and O–H groups in total. The normalized spacial score (nSPS) is 19.3. The molecule has 0 saturated carbocycles. The second-order valence-corrected chi connectivity index (χ2v) is 24.5. The number of hydrogen-bond donors (Lipinski definition) is 1. The number of unbranched alkanes of at least 4 members (excludes halogenated alkanes) is 3. The molecule has 230 valence electrons. The Morgan fingerprint density at radius 1 is 1.02 bits per heavy atom. The number of methoxy groups -OCH3 is 1. The summed E-state index contributed by atoms with van der Waals surface area (Å²) < 4.78 is 18.8. The lowest BCUT2D eigenvalue weighted by Gasteiger charge is -2.40. The van der Waals surface area contributed by atoms with Gasteiger partial charge in [-0.25, -0.2) is 0 Å². The van der Waals surface area contributed by atoms with E-state index in [1.807, 2.05) is 0 Å². The lowest BCUT2D eigenvalue weighted by Crippen LogP contribution is -2.45. The first-order valence-corrected chi connectivity index (χ1v) is 21.5. The van der Waals surface area contributed by atoms with Crippen LogP contribution < -0.4 is 0 Å². The first-order valence-electron chi connectivity index (χ1n) is 15.7. The van der Waals surface area contributed by atoms with Gasteiger partial charge in [0.1, 0.15) is 0 Å². The minimum Gasteiger partial charge on any atom is -0.469 e. The van der Waals surface area contributed by atoms with Gasteiger partial charge in [-0.2, -0.15) is 0 Å². The van der Waals surface area contributed by atoms with Crippen molar-refractivity contribution in [1.29, 1.82) is 0 Å². The van der Waals surface area contributed by atoms with E-state index in [1.165, 1.54) is 43.3 Å². The fourth-order valence-corrected chi connectivity index (χ4v) is 7.53. The molecule has 2 rings (SSSR count). The van der Waals surface area contributed by atoms with Gasteiger partial charge in [-0.1, -0.05) is 79.9 Å². The molecule has 40 heavy (non-hydrogen) atoms. The highest BCUT2D eigenvalue weighted by Gasteiger charge is 2.44. The van der Waals surface area contributed by atoms with Crippen molar-refractivity contribution >= 4 is 22.6 Å². The third-order valence-electron chi connectivity index (χ3n) is 9.59. The number of H-pyrrole nitrogens is 1. The van der Waals surface area contributed by atoms with Gasteiger partial charge in [-0.3, -0.25) is 4.79 Å². The van der Waals surface area contributed by atoms with Crippen molar-refractivity contribution in [2.75, 3.05) is 7.11 Å². The molecule has 0 aromatic carbocycles. The summed E-state index contributed by atoms with van der Waals surface area (Å²) in [7, 11) is -2.38. The van der Waals surface area contributed by atoms with Gasteiger partial charge < -0.3 is 18.6 Å². The van der Waals surface area contributed by atoms with E-state index in [0.29, 0.717) is 6.42 Å².